The van der Waals surface area contributed by atoms with Crippen LogP contribution in [0, 0.1) is 11.7 Å². The van der Waals surface area contributed by atoms with Crippen molar-refractivity contribution < 1.29 is 23.9 Å². The van der Waals surface area contributed by atoms with Crippen LogP contribution in [0.2, 0.25) is 0 Å². The van der Waals surface area contributed by atoms with Gasteiger partial charge in [-0.05, 0) is 31.0 Å². The number of carboxylic acids is 1. The Balaban J connectivity index is 1.83. The van der Waals surface area contributed by atoms with Crippen LogP contribution in [-0.4, -0.2) is 35.5 Å². The summed E-state index contributed by atoms with van der Waals surface area (Å²) in [5.74, 6) is -3.06. The predicted octanol–water partition coefficient (Wildman–Crippen LogP) is 0.925. The number of hydrogen-bond acceptors (Lipinski definition) is 3. The molecule has 1 aliphatic rings. The predicted molar refractivity (Wildman–Crippen MR) is 75.6 cm³/mol. The minimum absolute atomic E-state index is 0.122. The van der Waals surface area contributed by atoms with Crippen molar-refractivity contribution in [1.29, 1.82) is 0 Å². The molecule has 0 aliphatic heterocycles. The lowest BCUT2D eigenvalue weighted by Crippen LogP contribution is -2.44. The second-order valence-electron chi connectivity index (χ2n) is 5.24. The monoisotopic (exact) mass is 308 g/mol. The summed E-state index contributed by atoms with van der Waals surface area (Å²) < 4.78 is 13.0. The van der Waals surface area contributed by atoms with Crippen molar-refractivity contribution in [2.75, 3.05) is 6.54 Å². The van der Waals surface area contributed by atoms with Crippen LogP contribution in [-0.2, 0) is 9.59 Å². The van der Waals surface area contributed by atoms with E-state index in [2.05, 4.69) is 10.6 Å². The van der Waals surface area contributed by atoms with Gasteiger partial charge in [0.1, 0.15) is 5.82 Å². The van der Waals surface area contributed by atoms with Gasteiger partial charge >= 0.3 is 5.97 Å². The van der Waals surface area contributed by atoms with Gasteiger partial charge in [-0.2, -0.15) is 0 Å². The highest BCUT2D eigenvalue weighted by molar-refractivity contribution is 5.96. The molecule has 0 saturated heterocycles. The van der Waals surface area contributed by atoms with Gasteiger partial charge in [0.05, 0.1) is 12.5 Å². The number of aliphatic carboxylic acids is 1. The largest absolute Gasteiger partial charge is 0.481 e. The number of rotatable bonds is 5. The highest BCUT2D eigenvalue weighted by atomic mass is 19.1. The van der Waals surface area contributed by atoms with Crippen LogP contribution in [0.15, 0.2) is 24.3 Å². The molecule has 2 rings (SSSR count). The topological polar surface area (TPSA) is 95.5 Å². The van der Waals surface area contributed by atoms with Gasteiger partial charge in [-0.15, -0.1) is 0 Å². The van der Waals surface area contributed by atoms with Crippen molar-refractivity contribution in [2.24, 2.45) is 5.92 Å². The maximum Gasteiger partial charge on any atom is 0.308 e. The lowest BCUT2D eigenvalue weighted by atomic mass is 10.0. The molecule has 1 fully saturated rings. The van der Waals surface area contributed by atoms with Gasteiger partial charge < -0.3 is 15.7 Å². The summed E-state index contributed by atoms with van der Waals surface area (Å²) in [5.41, 5.74) is 0.122. The first-order valence-electron chi connectivity index (χ1n) is 7.03. The Bertz CT molecular complexity index is 591. The van der Waals surface area contributed by atoms with Crippen molar-refractivity contribution in [1.82, 2.24) is 10.6 Å². The molecule has 0 heterocycles. The number of hydrogen-bond donors (Lipinski definition) is 3. The highest BCUT2D eigenvalue weighted by Gasteiger charge is 2.33. The molecule has 0 radical (unpaired) electrons. The molecule has 2 amide bonds. The summed E-state index contributed by atoms with van der Waals surface area (Å²) in [6, 6.07) is 4.73. The third kappa shape index (κ3) is 4.03. The molecular formula is C15H17FN2O4. The summed E-state index contributed by atoms with van der Waals surface area (Å²) in [6.45, 7) is -0.280. The Labute approximate surface area is 126 Å². The zero-order valence-corrected chi connectivity index (χ0v) is 11.8. The summed E-state index contributed by atoms with van der Waals surface area (Å²) in [6.07, 6.45) is 1.90. The maximum absolute atomic E-state index is 13.0. The average Bonchev–Trinajstić information content (AvgIpc) is 2.93. The van der Waals surface area contributed by atoms with E-state index in [0.29, 0.717) is 12.8 Å². The van der Waals surface area contributed by atoms with Gasteiger partial charge in [0, 0.05) is 11.6 Å². The third-order valence-corrected chi connectivity index (χ3v) is 3.68. The fraction of sp³-hybridized carbons (Fsp3) is 0.400. The van der Waals surface area contributed by atoms with Gasteiger partial charge in [-0.25, -0.2) is 4.39 Å². The van der Waals surface area contributed by atoms with E-state index in [1.165, 1.54) is 18.2 Å². The SMILES string of the molecule is O=C(CNC(=O)c1cccc(F)c1)N[C@H]1CCC[C@H]1C(=O)O. The smallest absolute Gasteiger partial charge is 0.308 e. The quantitative estimate of drug-likeness (QED) is 0.754. The number of carbonyl (C=O) groups is 3. The molecule has 22 heavy (non-hydrogen) atoms. The normalized spacial score (nSPS) is 20.4. The van der Waals surface area contributed by atoms with E-state index in [4.69, 9.17) is 5.11 Å². The van der Waals surface area contributed by atoms with Gasteiger partial charge in [0.2, 0.25) is 5.91 Å². The van der Waals surface area contributed by atoms with Crippen molar-refractivity contribution in [3.05, 3.63) is 35.6 Å². The van der Waals surface area contributed by atoms with E-state index in [1.807, 2.05) is 0 Å². The van der Waals surface area contributed by atoms with Crippen LogP contribution in [0.4, 0.5) is 4.39 Å². The first kappa shape index (κ1) is 15.9. The number of carbonyl (C=O) groups excluding carboxylic acids is 2. The van der Waals surface area contributed by atoms with E-state index in [9.17, 15) is 18.8 Å². The van der Waals surface area contributed by atoms with Gasteiger partial charge in [-0.1, -0.05) is 12.5 Å². The van der Waals surface area contributed by atoms with Crippen LogP contribution in [0.5, 0.6) is 0 Å². The molecule has 3 N–H and O–H groups in total. The molecule has 1 aromatic carbocycles. The van der Waals surface area contributed by atoms with E-state index in [0.717, 1.165) is 12.5 Å². The fourth-order valence-electron chi connectivity index (χ4n) is 2.58. The molecule has 1 aromatic rings. The van der Waals surface area contributed by atoms with Gasteiger partial charge in [-0.3, -0.25) is 14.4 Å². The molecule has 6 nitrogen and oxygen atoms in total. The van der Waals surface area contributed by atoms with Gasteiger partial charge in [0.15, 0.2) is 0 Å². The first-order chi connectivity index (χ1) is 10.5. The lowest BCUT2D eigenvalue weighted by molar-refractivity contribution is -0.142. The van der Waals surface area contributed by atoms with Crippen LogP contribution in [0.1, 0.15) is 29.6 Å². The third-order valence-electron chi connectivity index (χ3n) is 3.68. The summed E-state index contributed by atoms with van der Waals surface area (Å²) in [7, 11) is 0. The molecular weight excluding hydrogens is 291 g/mol. The standard InChI is InChI=1S/C15H17FN2O4/c16-10-4-1-3-9(7-10)14(20)17-8-13(19)18-12-6-2-5-11(12)15(21)22/h1,3-4,7,11-12H,2,5-6,8H2,(H,17,20)(H,18,19)(H,21,22)/t11-,12+/m1/s1. The van der Waals surface area contributed by atoms with Crippen LogP contribution in [0.25, 0.3) is 0 Å². The second kappa shape index (κ2) is 7.02. The Kier molecular flexibility index (Phi) is 5.08. The Hall–Kier alpha value is -2.44. The molecule has 0 bridgehead atoms. The molecule has 2 atom stereocenters. The minimum Gasteiger partial charge on any atom is -0.481 e. The van der Waals surface area contributed by atoms with Crippen molar-refractivity contribution in [2.45, 2.75) is 25.3 Å². The Morgan fingerprint density at radius 2 is 2.05 bits per heavy atom. The Morgan fingerprint density at radius 3 is 2.73 bits per heavy atom. The number of carboxylic acid groups (broad SMARTS) is 1. The minimum atomic E-state index is -0.924. The number of benzene rings is 1. The zero-order valence-electron chi connectivity index (χ0n) is 11.8. The summed E-state index contributed by atoms with van der Waals surface area (Å²) in [5, 5.41) is 14.0. The van der Waals surface area contributed by atoms with Crippen LogP contribution in [0.3, 0.4) is 0 Å². The number of nitrogens with one attached hydrogen (secondary N) is 2. The molecule has 0 unspecified atom stereocenters. The lowest BCUT2D eigenvalue weighted by Gasteiger charge is -2.17. The zero-order chi connectivity index (χ0) is 16.1. The fourth-order valence-corrected chi connectivity index (χ4v) is 2.58. The number of halogens is 1. The molecule has 0 aromatic heterocycles. The first-order valence-corrected chi connectivity index (χ1v) is 7.03. The summed E-state index contributed by atoms with van der Waals surface area (Å²) in [4.78, 5) is 34.6. The molecule has 0 spiro atoms. The Morgan fingerprint density at radius 1 is 1.27 bits per heavy atom. The molecule has 1 saturated carbocycles. The van der Waals surface area contributed by atoms with E-state index in [1.54, 1.807) is 0 Å². The van der Waals surface area contributed by atoms with Crippen molar-refractivity contribution in [3.63, 3.8) is 0 Å². The van der Waals surface area contributed by atoms with Crippen LogP contribution >= 0.6 is 0 Å². The average molecular weight is 308 g/mol. The van der Waals surface area contributed by atoms with Crippen molar-refractivity contribution in [3.8, 4) is 0 Å². The summed E-state index contributed by atoms with van der Waals surface area (Å²) >= 11 is 0. The van der Waals surface area contributed by atoms with E-state index >= 15 is 0 Å². The van der Waals surface area contributed by atoms with Crippen LogP contribution < -0.4 is 10.6 Å². The maximum atomic E-state index is 13.0. The van der Waals surface area contributed by atoms with Gasteiger partial charge in [0.25, 0.3) is 5.91 Å². The van der Waals surface area contributed by atoms with E-state index < -0.39 is 35.6 Å². The van der Waals surface area contributed by atoms with E-state index in [-0.39, 0.29) is 12.1 Å². The second-order valence-corrected chi connectivity index (χ2v) is 5.24. The van der Waals surface area contributed by atoms with Crippen molar-refractivity contribution >= 4 is 17.8 Å². The molecule has 1 aliphatic carbocycles. The highest BCUT2D eigenvalue weighted by Crippen LogP contribution is 2.25. The molecule has 7 heteroatoms. The number of amides is 2. The molecule has 118 valence electrons.